The average molecular weight is 425 g/mol. The fourth-order valence-electron chi connectivity index (χ4n) is 6.04. The summed E-state index contributed by atoms with van der Waals surface area (Å²) in [5, 5.41) is 11.0. The predicted molar refractivity (Wildman–Crippen MR) is 145 cm³/mol. The Morgan fingerprint density at radius 1 is 0.364 bits per heavy atom. The molecule has 0 aliphatic carbocycles. The lowest BCUT2D eigenvalue weighted by molar-refractivity contribution is 1.23. The van der Waals surface area contributed by atoms with Crippen LogP contribution in [0.1, 0.15) is 33.4 Å². The third kappa shape index (κ3) is 2.91. The maximum Gasteiger partial charge on any atom is -0.00132 e. The molecular formula is C33H28. The minimum absolute atomic E-state index is 0.936. The molecular weight excluding hydrogens is 396 g/mol. The van der Waals surface area contributed by atoms with E-state index in [1.54, 1.807) is 0 Å². The summed E-state index contributed by atoms with van der Waals surface area (Å²) in [4.78, 5) is 0. The van der Waals surface area contributed by atoms with E-state index in [0.717, 1.165) is 6.42 Å². The van der Waals surface area contributed by atoms with Gasteiger partial charge in [0.25, 0.3) is 0 Å². The van der Waals surface area contributed by atoms with Crippen LogP contribution in [0.5, 0.6) is 0 Å². The summed E-state index contributed by atoms with van der Waals surface area (Å²) >= 11 is 0. The smallest absolute Gasteiger partial charge is 0.00132 e. The van der Waals surface area contributed by atoms with E-state index in [-0.39, 0.29) is 0 Å². The van der Waals surface area contributed by atoms with Crippen LogP contribution in [0, 0.1) is 27.7 Å². The number of rotatable bonds is 2. The van der Waals surface area contributed by atoms with E-state index in [1.807, 2.05) is 0 Å². The molecule has 0 aliphatic rings. The third-order valence-corrected chi connectivity index (χ3v) is 7.71. The Morgan fingerprint density at radius 3 is 1.09 bits per heavy atom. The highest BCUT2D eigenvalue weighted by atomic mass is 14.2. The molecule has 33 heavy (non-hydrogen) atoms. The molecule has 160 valence electrons. The normalized spacial score (nSPS) is 11.8. The van der Waals surface area contributed by atoms with Gasteiger partial charge in [0.1, 0.15) is 0 Å². The van der Waals surface area contributed by atoms with E-state index < -0.39 is 0 Å². The zero-order valence-corrected chi connectivity index (χ0v) is 19.8. The first-order chi connectivity index (χ1) is 16.1. The summed E-state index contributed by atoms with van der Waals surface area (Å²) in [6.45, 7) is 9.12. The number of fused-ring (bicyclic) bond motifs is 4. The molecule has 0 saturated carbocycles. The second-order valence-electron chi connectivity index (χ2n) is 9.45. The molecule has 0 saturated heterocycles. The lowest BCUT2D eigenvalue weighted by atomic mass is 9.86. The van der Waals surface area contributed by atoms with Crippen LogP contribution in [0.4, 0.5) is 0 Å². The number of benzene rings is 6. The van der Waals surface area contributed by atoms with E-state index >= 15 is 0 Å². The lowest BCUT2D eigenvalue weighted by Crippen LogP contribution is -1.98. The van der Waals surface area contributed by atoms with Crippen molar-refractivity contribution >= 4 is 43.1 Å². The molecule has 0 fully saturated rings. The zero-order valence-electron chi connectivity index (χ0n) is 19.8. The second-order valence-corrected chi connectivity index (χ2v) is 9.45. The van der Waals surface area contributed by atoms with E-state index in [4.69, 9.17) is 0 Å². The van der Waals surface area contributed by atoms with Gasteiger partial charge in [0.2, 0.25) is 0 Å². The van der Waals surface area contributed by atoms with Crippen LogP contribution in [-0.4, -0.2) is 0 Å². The Bertz CT molecular complexity index is 1590. The van der Waals surface area contributed by atoms with Crippen molar-refractivity contribution in [2.24, 2.45) is 0 Å². The second kappa shape index (κ2) is 7.46. The average Bonchev–Trinajstić information content (AvgIpc) is 2.86. The quantitative estimate of drug-likeness (QED) is 0.243. The van der Waals surface area contributed by atoms with Crippen LogP contribution in [0.3, 0.4) is 0 Å². The van der Waals surface area contributed by atoms with E-state index in [0.29, 0.717) is 0 Å². The van der Waals surface area contributed by atoms with Gasteiger partial charge in [-0.2, -0.15) is 0 Å². The maximum atomic E-state index is 2.33. The summed E-state index contributed by atoms with van der Waals surface area (Å²) in [6.07, 6.45) is 0.936. The highest BCUT2D eigenvalue weighted by molar-refractivity contribution is 6.08. The van der Waals surface area contributed by atoms with Crippen molar-refractivity contribution in [3.8, 4) is 0 Å². The summed E-state index contributed by atoms with van der Waals surface area (Å²) in [7, 11) is 0. The van der Waals surface area contributed by atoms with Gasteiger partial charge in [0.05, 0.1) is 0 Å². The Morgan fingerprint density at radius 2 is 0.697 bits per heavy atom. The summed E-state index contributed by atoms with van der Waals surface area (Å²) in [5.41, 5.74) is 8.36. The Hall–Kier alpha value is -3.64. The first-order valence-corrected chi connectivity index (χ1v) is 11.8. The van der Waals surface area contributed by atoms with Gasteiger partial charge in [0, 0.05) is 0 Å². The summed E-state index contributed by atoms with van der Waals surface area (Å²) in [5.74, 6) is 0. The molecule has 0 unspecified atom stereocenters. The van der Waals surface area contributed by atoms with Gasteiger partial charge >= 0.3 is 0 Å². The summed E-state index contributed by atoms with van der Waals surface area (Å²) < 4.78 is 0. The Balaban J connectivity index is 1.65. The molecule has 0 amide bonds. The topological polar surface area (TPSA) is 0 Å². The summed E-state index contributed by atoms with van der Waals surface area (Å²) in [6, 6.07) is 31.4. The van der Waals surface area contributed by atoms with Gasteiger partial charge in [-0.3, -0.25) is 0 Å². The SMILES string of the molecule is Cc1c2ccccc2c(C)c2c(Cc3cccc4c(C)c5ccccc5c(C)c34)cccc12. The first-order valence-electron chi connectivity index (χ1n) is 11.8. The van der Waals surface area contributed by atoms with Crippen LogP contribution in [0.25, 0.3) is 43.1 Å². The van der Waals surface area contributed by atoms with Gasteiger partial charge in [-0.25, -0.2) is 0 Å². The fraction of sp³-hybridized carbons (Fsp3) is 0.152. The minimum atomic E-state index is 0.936. The molecule has 0 bridgehead atoms. The fourth-order valence-corrected chi connectivity index (χ4v) is 6.04. The monoisotopic (exact) mass is 424 g/mol. The predicted octanol–water partition coefficient (Wildman–Crippen LogP) is 9.12. The van der Waals surface area contributed by atoms with Crippen LogP contribution < -0.4 is 0 Å². The van der Waals surface area contributed by atoms with Crippen molar-refractivity contribution in [1.82, 2.24) is 0 Å². The van der Waals surface area contributed by atoms with Crippen LogP contribution in [-0.2, 0) is 6.42 Å². The Labute approximate surface area is 195 Å². The van der Waals surface area contributed by atoms with Crippen molar-refractivity contribution < 1.29 is 0 Å². The van der Waals surface area contributed by atoms with Crippen molar-refractivity contribution in [3.63, 3.8) is 0 Å². The van der Waals surface area contributed by atoms with Gasteiger partial charge in [-0.05, 0) is 111 Å². The van der Waals surface area contributed by atoms with Gasteiger partial charge < -0.3 is 0 Å². The molecule has 0 aliphatic heterocycles. The third-order valence-electron chi connectivity index (χ3n) is 7.71. The molecule has 0 radical (unpaired) electrons. The van der Waals surface area contributed by atoms with Gasteiger partial charge in [0.15, 0.2) is 0 Å². The highest BCUT2D eigenvalue weighted by Gasteiger charge is 2.15. The van der Waals surface area contributed by atoms with Crippen molar-refractivity contribution in [2.45, 2.75) is 34.1 Å². The number of hydrogen-bond acceptors (Lipinski definition) is 0. The standard InChI is InChI=1S/C33H28/c1-20-26-13-5-7-15-28(26)22(3)32-24(11-9-17-30(20)32)19-25-12-10-18-31-21(2)27-14-6-8-16-29(27)23(4)33(25)31/h5-18H,19H2,1-4H3. The molecule has 0 N–H and O–H groups in total. The van der Waals surface area contributed by atoms with Crippen LogP contribution in [0.15, 0.2) is 84.9 Å². The van der Waals surface area contributed by atoms with Crippen molar-refractivity contribution in [3.05, 3.63) is 118 Å². The first kappa shape index (κ1) is 20.0. The molecule has 0 atom stereocenters. The Kier molecular flexibility index (Phi) is 4.52. The van der Waals surface area contributed by atoms with E-state index in [9.17, 15) is 0 Å². The minimum Gasteiger partial charge on any atom is -0.0616 e. The number of aryl methyl sites for hydroxylation is 4. The van der Waals surface area contributed by atoms with E-state index in [2.05, 4.69) is 113 Å². The number of hydrogen-bond donors (Lipinski definition) is 0. The molecule has 0 aromatic heterocycles. The molecule has 6 rings (SSSR count). The van der Waals surface area contributed by atoms with Crippen molar-refractivity contribution in [1.29, 1.82) is 0 Å². The lowest BCUT2D eigenvalue weighted by Gasteiger charge is -2.18. The molecule has 6 aromatic rings. The molecule has 0 heteroatoms. The molecule has 0 nitrogen and oxygen atoms in total. The largest absolute Gasteiger partial charge is 0.0616 e. The van der Waals surface area contributed by atoms with E-state index in [1.165, 1.54) is 76.5 Å². The van der Waals surface area contributed by atoms with Gasteiger partial charge in [-0.15, -0.1) is 0 Å². The molecule has 0 heterocycles. The molecule has 0 spiro atoms. The van der Waals surface area contributed by atoms with Gasteiger partial charge in [-0.1, -0.05) is 84.9 Å². The van der Waals surface area contributed by atoms with Crippen LogP contribution >= 0.6 is 0 Å². The molecule has 6 aromatic carbocycles. The zero-order chi connectivity index (χ0) is 22.7. The van der Waals surface area contributed by atoms with Crippen molar-refractivity contribution in [2.75, 3.05) is 0 Å². The van der Waals surface area contributed by atoms with Crippen LogP contribution in [0.2, 0.25) is 0 Å². The highest BCUT2D eigenvalue weighted by Crippen LogP contribution is 2.38. The maximum absolute atomic E-state index is 2.33.